The van der Waals surface area contributed by atoms with Crippen LogP contribution in [-0.2, 0) is 17.1 Å². The van der Waals surface area contributed by atoms with Crippen LogP contribution >= 0.6 is 15.9 Å². The largest absolute Gasteiger partial charge is 0.506 e. The first-order chi connectivity index (χ1) is 27.4. The minimum Gasteiger partial charge on any atom is -0.506 e. The number of nitro benzene ring substituents is 1. The lowest BCUT2D eigenvalue weighted by Crippen LogP contribution is -2.47. The van der Waals surface area contributed by atoms with Gasteiger partial charge in [-0.1, -0.05) is 48.5 Å². The summed E-state index contributed by atoms with van der Waals surface area (Å²) in [6.07, 6.45) is 3.55. The molecule has 0 aliphatic carbocycles. The molecule has 2 aromatic heterocycles. The van der Waals surface area contributed by atoms with Crippen molar-refractivity contribution >= 4 is 60.1 Å². The molecular weight excluding hydrogens is 819 g/mol. The Hall–Kier alpha value is -5.75. The lowest BCUT2D eigenvalue weighted by molar-refractivity contribution is -0.385. The number of fused-ring (bicyclic) bond motifs is 1. The standard InChI is InChI=1S/C22H25FN4O2S.C18H15BrN4O4/c23-19-8-1-2-9-20(19)27-16-14-26(15-17-27)13-5-12-25-30(28,29)21-10-3-6-18-7-4-11-24-22(18)21;1-11-16(18(25)22(21(11)2)13-6-4-3-5-7-13)20-10-12-8-14(23(26)27)9-15(19)17(12)24/h1-4,6-11,25H,5,12-17H2;3-10,24H,1-2H3. The van der Waals surface area contributed by atoms with Crippen molar-refractivity contribution in [3.05, 3.63) is 145 Å². The molecule has 1 saturated heterocycles. The molecule has 0 unspecified atom stereocenters. The summed E-state index contributed by atoms with van der Waals surface area (Å²) in [5.74, 6) is -0.385. The number of piperazine rings is 1. The third kappa shape index (κ3) is 9.45. The van der Waals surface area contributed by atoms with Crippen molar-refractivity contribution in [3.63, 3.8) is 0 Å². The van der Waals surface area contributed by atoms with Gasteiger partial charge in [-0.3, -0.25) is 29.5 Å². The lowest BCUT2D eigenvalue weighted by atomic mass is 10.2. The van der Waals surface area contributed by atoms with Crippen LogP contribution in [0.15, 0.2) is 122 Å². The number of para-hydroxylation sites is 3. The van der Waals surface area contributed by atoms with E-state index in [9.17, 15) is 32.8 Å². The number of aliphatic imine (C=N–C) groups is 1. The fourth-order valence-electron chi connectivity index (χ4n) is 6.45. The Bertz CT molecular complexity index is 2590. The van der Waals surface area contributed by atoms with E-state index in [4.69, 9.17) is 0 Å². The van der Waals surface area contributed by atoms with E-state index in [0.717, 1.165) is 38.1 Å². The first-order valence-electron chi connectivity index (χ1n) is 18.0. The highest BCUT2D eigenvalue weighted by Crippen LogP contribution is 2.32. The van der Waals surface area contributed by atoms with Gasteiger partial charge in [0.05, 0.1) is 32.0 Å². The van der Waals surface area contributed by atoms with E-state index < -0.39 is 14.9 Å². The van der Waals surface area contributed by atoms with Gasteiger partial charge in [0.15, 0.2) is 5.69 Å². The summed E-state index contributed by atoms with van der Waals surface area (Å²) in [4.78, 5) is 36.2. The van der Waals surface area contributed by atoms with Crippen LogP contribution in [0.25, 0.3) is 16.6 Å². The zero-order valence-electron chi connectivity index (χ0n) is 31.1. The molecule has 3 heterocycles. The highest BCUT2D eigenvalue weighted by Gasteiger charge is 2.21. The maximum atomic E-state index is 13.9. The summed E-state index contributed by atoms with van der Waals surface area (Å²) in [5, 5.41) is 21.9. The molecule has 1 fully saturated rings. The number of halogens is 2. The third-order valence-corrected chi connectivity index (χ3v) is 11.6. The van der Waals surface area contributed by atoms with Crippen LogP contribution in [0.1, 0.15) is 17.7 Å². The molecule has 0 bridgehead atoms. The minimum absolute atomic E-state index is 0.130. The number of anilines is 1. The summed E-state index contributed by atoms with van der Waals surface area (Å²) >= 11 is 3.08. The molecule has 17 heteroatoms. The number of nitro groups is 1. The highest BCUT2D eigenvalue weighted by molar-refractivity contribution is 9.10. The SMILES string of the molecule is Cc1c(N=Cc2cc([N+](=O)[O-])cc(Br)c2O)c(=O)n(-c2ccccc2)n1C.O=S(=O)(NCCCN1CCN(c2ccccc2F)CC1)c1cccc2cccnc12. The smallest absolute Gasteiger partial charge is 0.297 e. The Morgan fingerprint density at radius 1 is 1.00 bits per heavy atom. The van der Waals surface area contributed by atoms with Gasteiger partial charge in [-0.25, -0.2) is 27.2 Å². The number of phenolic OH excluding ortho intramolecular Hbond substituents is 1. The molecule has 0 spiro atoms. The number of nitrogens with zero attached hydrogens (tertiary/aromatic N) is 7. The van der Waals surface area contributed by atoms with E-state index in [-0.39, 0.29) is 43.4 Å². The molecule has 6 aromatic rings. The Morgan fingerprint density at radius 3 is 2.42 bits per heavy atom. The van der Waals surface area contributed by atoms with Gasteiger partial charge in [-0.05, 0) is 72.2 Å². The van der Waals surface area contributed by atoms with Gasteiger partial charge in [-0.2, -0.15) is 0 Å². The minimum atomic E-state index is -3.62. The Kier molecular flexibility index (Phi) is 12.9. The molecule has 7 rings (SSSR count). The monoisotopic (exact) mass is 858 g/mol. The summed E-state index contributed by atoms with van der Waals surface area (Å²) in [6.45, 7) is 6.07. The van der Waals surface area contributed by atoms with Crippen molar-refractivity contribution in [1.29, 1.82) is 0 Å². The van der Waals surface area contributed by atoms with Gasteiger partial charge < -0.3 is 10.0 Å². The van der Waals surface area contributed by atoms with Gasteiger partial charge >= 0.3 is 0 Å². The second-order valence-corrected chi connectivity index (χ2v) is 15.7. The van der Waals surface area contributed by atoms with Gasteiger partial charge in [-0.15, -0.1) is 0 Å². The number of sulfonamides is 1. The van der Waals surface area contributed by atoms with E-state index >= 15 is 0 Å². The topological polar surface area (TPSA) is 168 Å². The predicted octanol–water partition coefficient (Wildman–Crippen LogP) is 6.48. The van der Waals surface area contributed by atoms with Crippen molar-refractivity contribution in [3.8, 4) is 11.4 Å². The van der Waals surface area contributed by atoms with Crippen LogP contribution < -0.4 is 15.2 Å². The third-order valence-electron chi connectivity index (χ3n) is 9.54. The average Bonchev–Trinajstić information content (AvgIpc) is 3.43. The van der Waals surface area contributed by atoms with Crippen LogP contribution in [0, 0.1) is 22.9 Å². The van der Waals surface area contributed by atoms with Crippen LogP contribution in [0.2, 0.25) is 0 Å². The number of nitrogens with one attached hydrogen (secondary N) is 1. The molecule has 4 aromatic carbocycles. The molecular formula is C40H40BrFN8O6S. The molecule has 57 heavy (non-hydrogen) atoms. The normalized spacial score (nSPS) is 13.5. The molecule has 0 amide bonds. The summed E-state index contributed by atoms with van der Waals surface area (Å²) in [5.41, 5.74) is 2.22. The number of pyridine rings is 1. The molecule has 296 valence electrons. The quantitative estimate of drug-likeness (QED) is 0.0642. The van der Waals surface area contributed by atoms with Crippen molar-refractivity contribution in [2.24, 2.45) is 12.0 Å². The molecule has 1 aliphatic rings. The van der Waals surface area contributed by atoms with Gasteiger partial charge in [0.25, 0.3) is 11.2 Å². The van der Waals surface area contributed by atoms with Crippen molar-refractivity contribution < 1.29 is 22.8 Å². The second-order valence-electron chi connectivity index (χ2n) is 13.2. The Labute approximate surface area is 336 Å². The number of aromatic hydroxyl groups is 1. The zero-order valence-corrected chi connectivity index (χ0v) is 33.5. The van der Waals surface area contributed by atoms with E-state index in [1.54, 1.807) is 61.2 Å². The molecule has 1 aliphatic heterocycles. The Morgan fingerprint density at radius 2 is 1.70 bits per heavy atom. The second kappa shape index (κ2) is 18.0. The first-order valence-corrected chi connectivity index (χ1v) is 20.2. The van der Waals surface area contributed by atoms with Crippen molar-refractivity contribution in [1.82, 2.24) is 24.0 Å². The highest BCUT2D eigenvalue weighted by atomic mass is 79.9. The fourth-order valence-corrected chi connectivity index (χ4v) is 8.16. The van der Waals surface area contributed by atoms with Crippen LogP contribution in [0.3, 0.4) is 0 Å². The summed E-state index contributed by atoms with van der Waals surface area (Å²) < 4.78 is 45.4. The molecule has 0 atom stereocenters. The number of rotatable bonds is 11. The van der Waals surface area contributed by atoms with Gasteiger partial charge in [0.2, 0.25) is 10.0 Å². The molecule has 0 radical (unpaired) electrons. The number of non-ortho nitro benzene ring substituents is 1. The summed E-state index contributed by atoms with van der Waals surface area (Å²) in [7, 11) is -1.88. The first kappa shape index (κ1) is 40.9. The zero-order chi connectivity index (χ0) is 40.7. The maximum absolute atomic E-state index is 13.9. The van der Waals surface area contributed by atoms with Crippen molar-refractivity contribution in [2.45, 2.75) is 18.2 Å². The van der Waals surface area contributed by atoms with Gasteiger partial charge in [0, 0.05) is 75.3 Å². The van der Waals surface area contributed by atoms with E-state index in [1.807, 2.05) is 42.5 Å². The van der Waals surface area contributed by atoms with Crippen LogP contribution in [0.4, 0.5) is 21.5 Å². The van der Waals surface area contributed by atoms with E-state index in [2.05, 4.69) is 40.4 Å². The van der Waals surface area contributed by atoms with E-state index in [1.165, 1.54) is 29.1 Å². The molecule has 0 saturated carbocycles. The summed E-state index contributed by atoms with van der Waals surface area (Å²) in [6, 6.07) is 27.1. The number of hydrogen-bond acceptors (Lipinski definition) is 10. The van der Waals surface area contributed by atoms with Gasteiger partial charge in [0.1, 0.15) is 16.5 Å². The number of hydrogen-bond donors (Lipinski definition) is 2. The van der Waals surface area contributed by atoms with E-state index in [0.29, 0.717) is 35.6 Å². The van der Waals surface area contributed by atoms with Crippen LogP contribution in [-0.4, -0.2) is 83.2 Å². The molecule has 2 N–H and O–H groups in total. The average molecular weight is 860 g/mol. The molecule has 14 nitrogen and oxygen atoms in total. The maximum Gasteiger partial charge on any atom is 0.297 e. The lowest BCUT2D eigenvalue weighted by Gasteiger charge is -2.36. The predicted molar refractivity (Wildman–Crippen MR) is 222 cm³/mol. The van der Waals surface area contributed by atoms with Crippen LogP contribution in [0.5, 0.6) is 5.75 Å². The fraction of sp³-hybridized carbons (Fsp3) is 0.225. The Balaban J connectivity index is 0.000000194. The van der Waals surface area contributed by atoms with Crippen molar-refractivity contribution in [2.75, 3.05) is 44.2 Å². The number of benzene rings is 4. The number of aromatic nitrogens is 3. The number of phenols is 1.